The summed E-state index contributed by atoms with van der Waals surface area (Å²) in [4.78, 5) is 27.0. The number of nitrogens with zero attached hydrogens (tertiary/aromatic N) is 7. The predicted octanol–water partition coefficient (Wildman–Crippen LogP) is 4.34. The summed E-state index contributed by atoms with van der Waals surface area (Å²) in [7, 11) is 6.16. The number of carbonyl (C=O) groups is 2. The Morgan fingerprint density at radius 1 is 0.795 bits per heavy atom. The van der Waals surface area contributed by atoms with Gasteiger partial charge in [0.15, 0.2) is 11.4 Å². The summed E-state index contributed by atoms with van der Waals surface area (Å²) < 4.78 is 12.9. The van der Waals surface area contributed by atoms with E-state index in [9.17, 15) is 9.59 Å². The standard InChI is InChI=1S/C26H23Cl2N7O4/c1-33(2)15-16(24-23(26(37)39-4)30-32-35(24)20-12-8-18(28)9-13-20)5-14-21-22(25(36)38-3)29-31-34(21)19-10-6-17(27)7-11-19/h5-15H,1-4H3/b14-5+,16-15-. The third-order valence-electron chi connectivity index (χ3n) is 5.37. The third-order valence-corrected chi connectivity index (χ3v) is 5.87. The number of aromatic nitrogens is 6. The van der Waals surface area contributed by atoms with Crippen molar-refractivity contribution < 1.29 is 19.1 Å². The van der Waals surface area contributed by atoms with Gasteiger partial charge in [0.2, 0.25) is 0 Å². The summed E-state index contributed by atoms with van der Waals surface area (Å²) in [6.07, 6.45) is 5.09. The van der Waals surface area contributed by atoms with Crippen LogP contribution in [0.5, 0.6) is 0 Å². The van der Waals surface area contributed by atoms with Crippen molar-refractivity contribution in [2.24, 2.45) is 0 Å². The minimum Gasteiger partial charge on any atom is -0.464 e. The van der Waals surface area contributed by atoms with Crippen LogP contribution in [-0.4, -0.2) is 75.1 Å². The largest absolute Gasteiger partial charge is 0.464 e. The highest BCUT2D eigenvalue weighted by Gasteiger charge is 2.25. The molecule has 0 saturated heterocycles. The van der Waals surface area contributed by atoms with Gasteiger partial charge in [0.05, 0.1) is 25.6 Å². The first-order chi connectivity index (χ1) is 18.7. The van der Waals surface area contributed by atoms with E-state index < -0.39 is 11.9 Å². The summed E-state index contributed by atoms with van der Waals surface area (Å²) in [6, 6.07) is 13.7. The first-order valence-electron chi connectivity index (χ1n) is 11.4. The number of esters is 2. The molecule has 0 spiro atoms. The molecular weight excluding hydrogens is 545 g/mol. The van der Waals surface area contributed by atoms with Crippen molar-refractivity contribution in [3.63, 3.8) is 0 Å². The lowest BCUT2D eigenvalue weighted by Gasteiger charge is -2.13. The SMILES string of the molecule is COC(=O)c1nnn(-c2ccc(Cl)cc2)c1/C=C/C(=C/N(C)C)c1c(C(=O)OC)nnn1-c1ccc(Cl)cc1. The lowest BCUT2D eigenvalue weighted by Crippen LogP contribution is -2.10. The van der Waals surface area contributed by atoms with Gasteiger partial charge in [0, 0.05) is 35.9 Å². The first kappa shape index (κ1) is 27.6. The second-order valence-electron chi connectivity index (χ2n) is 8.25. The van der Waals surface area contributed by atoms with Crippen LogP contribution in [0.25, 0.3) is 23.0 Å². The van der Waals surface area contributed by atoms with Crippen LogP contribution in [0, 0.1) is 0 Å². The van der Waals surface area contributed by atoms with Crippen LogP contribution in [-0.2, 0) is 9.47 Å². The molecule has 0 atom stereocenters. The van der Waals surface area contributed by atoms with Gasteiger partial charge < -0.3 is 14.4 Å². The molecule has 39 heavy (non-hydrogen) atoms. The minimum atomic E-state index is -0.675. The molecule has 13 heteroatoms. The smallest absolute Gasteiger partial charge is 0.360 e. The molecule has 0 aliphatic carbocycles. The fourth-order valence-corrected chi connectivity index (χ4v) is 3.87. The number of ether oxygens (including phenoxy) is 2. The molecule has 0 N–H and O–H groups in total. The molecule has 2 aromatic carbocycles. The zero-order valence-electron chi connectivity index (χ0n) is 21.4. The Morgan fingerprint density at radius 2 is 1.28 bits per heavy atom. The third kappa shape index (κ3) is 6.00. The van der Waals surface area contributed by atoms with E-state index in [4.69, 9.17) is 32.7 Å². The molecule has 0 radical (unpaired) electrons. The lowest BCUT2D eigenvalue weighted by molar-refractivity contribution is 0.0585. The van der Waals surface area contributed by atoms with E-state index in [1.54, 1.807) is 71.8 Å². The van der Waals surface area contributed by atoms with Crippen molar-refractivity contribution >= 4 is 46.8 Å². The Bertz CT molecular complexity index is 1560. The van der Waals surface area contributed by atoms with E-state index in [0.29, 0.717) is 38.4 Å². The molecule has 0 amide bonds. The van der Waals surface area contributed by atoms with Gasteiger partial charge in [0.25, 0.3) is 0 Å². The Kier molecular flexibility index (Phi) is 8.43. The van der Waals surface area contributed by atoms with Crippen LogP contribution >= 0.6 is 23.2 Å². The fourth-order valence-electron chi connectivity index (χ4n) is 3.62. The molecule has 0 bridgehead atoms. The lowest BCUT2D eigenvalue weighted by atomic mass is 10.1. The molecule has 4 aromatic rings. The molecule has 2 aromatic heterocycles. The van der Waals surface area contributed by atoms with Crippen LogP contribution in [0.1, 0.15) is 32.4 Å². The van der Waals surface area contributed by atoms with Crippen molar-refractivity contribution in [2.45, 2.75) is 0 Å². The number of hydrogen-bond acceptors (Lipinski definition) is 9. The number of carbonyl (C=O) groups excluding carboxylic acids is 2. The van der Waals surface area contributed by atoms with Crippen molar-refractivity contribution in [3.05, 3.63) is 93.6 Å². The van der Waals surface area contributed by atoms with E-state index in [2.05, 4.69) is 20.6 Å². The van der Waals surface area contributed by atoms with Crippen LogP contribution < -0.4 is 0 Å². The Balaban J connectivity index is 1.91. The molecule has 0 aliphatic rings. The second kappa shape index (κ2) is 11.9. The monoisotopic (exact) mass is 567 g/mol. The molecule has 0 unspecified atom stereocenters. The van der Waals surface area contributed by atoms with Crippen LogP contribution in [0.4, 0.5) is 0 Å². The van der Waals surface area contributed by atoms with Gasteiger partial charge in [-0.2, -0.15) is 0 Å². The van der Waals surface area contributed by atoms with Crippen molar-refractivity contribution in [1.29, 1.82) is 0 Å². The van der Waals surface area contributed by atoms with E-state index in [-0.39, 0.29) is 11.4 Å². The Labute approximate surface area is 233 Å². The molecule has 4 rings (SSSR count). The first-order valence-corrected chi connectivity index (χ1v) is 12.2. The van der Waals surface area contributed by atoms with E-state index in [1.807, 2.05) is 14.1 Å². The molecule has 0 aliphatic heterocycles. The predicted molar refractivity (Wildman–Crippen MR) is 146 cm³/mol. The Hall–Kier alpha value is -4.48. The quantitative estimate of drug-likeness (QED) is 0.226. The summed E-state index contributed by atoms with van der Waals surface area (Å²) in [5.41, 5.74) is 2.40. The summed E-state index contributed by atoms with van der Waals surface area (Å²) >= 11 is 12.1. The minimum absolute atomic E-state index is 0.00886. The van der Waals surface area contributed by atoms with Gasteiger partial charge in [-0.05, 0) is 60.7 Å². The summed E-state index contributed by atoms with van der Waals surface area (Å²) in [5.74, 6) is -1.34. The molecule has 2 heterocycles. The van der Waals surface area contributed by atoms with Crippen molar-refractivity contribution in [2.75, 3.05) is 28.3 Å². The number of hydrogen-bond donors (Lipinski definition) is 0. The average molecular weight is 568 g/mol. The normalized spacial score (nSPS) is 11.6. The van der Waals surface area contributed by atoms with Crippen LogP contribution in [0.2, 0.25) is 10.0 Å². The van der Waals surface area contributed by atoms with Gasteiger partial charge >= 0.3 is 11.9 Å². The second-order valence-corrected chi connectivity index (χ2v) is 9.12. The number of rotatable bonds is 8. The van der Waals surface area contributed by atoms with Gasteiger partial charge in [-0.25, -0.2) is 19.0 Å². The highest BCUT2D eigenvalue weighted by molar-refractivity contribution is 6.30. The van der Waals surface area contributed by atoms with Crippen molar-refractivity contribution in [1.82, 2.24) is 34.9 Å². The summed E-state index contributed by atoms with van der Waals surface area (Å²) in [6.45, 7) is 0. The van der Waals surface area contributed by atoms with Gasteiger partial charge in [-0.3, -0.25) is 0 Å². The molecule has 0 saturated carbocycles. The molecule has 0 fully saturated rings. The van der Waals surface area contributed by atoms with Crippen molar-refractivity contribution in [3.8, 4) is 11.4 Å². The highest BCUT2D eigenvalue weighted by atomic mass is 35.5. The Morgan fingerprint density at radius 3 is 1.82 bits per heavy atom. The van der Waals surface area contributed by atoms with Gasteiger partial charge in [-0.1, -0.05) is 33.6 Å². The number of benzene rings is 2. The van der Waals surface area contributed by atoms with Crippen LogP contribution in [0.15, 0.2) is 60.8 Å². The molecular formula is C26H23Cl2N7O4. The fraction of sp³-hybridized carbons (Fsp3) is 0.154. The van der Waals surface area contributed by atoms with Gasteiger partial charge in [-0.15, -0.1) is 10.2 Å². The zero-order valence-corrected chi connectivity index (χ0v) is 22.9. The maximum absolute atomic E-state index is 12.7. The maximum Gasteiger partial charge on any atom is 0.360 e. The number of methoxy groups -OCH3 is 2. The maximum atomic E-state index is 12.7. The molecule has 200 valence electrons. The van der Waals surface area contributed by atoms with E-state index in [0.717, 1.165) is 0 Å². The number of halogens is 2. The highest BCUT2D eigenvalue weighted by Crippen LogP contribution is 2.26. The van der Waals surface area contributed by atoms with Gasteiger partial charge in [0.1, 0.15) is 11.4 Å². The van der Waals surface area contributed by atoms with E-state index in [1.165, 1.54) is 23.6 Å². The average Bonchev–Trinajstić information content (AvgIpc) is 3.56. The zero-order chi connectivity index (χ0) is 28.1. The number of allylic oxidation sites excluding steroid dienone is 2. The summed E-state index contributed by atoms with van der Waals surface area (Å²) in [5, 5.41) is 17.5. The topological polar surface area (TPSA) is 117 Å². The molecule has 11 nitrogen and oxygen atoms in total. The van der Waals surface area contributed by atoms with Crippen LogP contribution in [0.3, 0.4) is 0 Å². The van der Waals surface area contributed by atoms with E-state index >= 15 is 0 Å².